The molecule has 0 fully saturated rings. The highest BCUT2D eigenvalue weighted by atomic mass is 16.5. The maximum atomic E-state index is 5.75. The van der Waals surface area contributed by atoms with Crippen molar-refractivity contribution < 1.29 is 9.47 Å². The fourth-order valence-electron chi connectivity index (χ4n) is 2.33. The molecule has 0 aliphatic carbocycles. The zero-order valence-corrected chi connectivity index (χ0v) is 12.7. The van der Waals surface area contributed by atoms with Gasteiger partial charge in [-0.1, -0.05) is 29.8 Å². The minimum absolute atomic E-state index is 0.0437. The highest BCUT2D eigenvalue weighted by Gasteiger charge is 2.16. The summed E-state index contributed by atoms with van der Waals surface area (Å²) in [5.74, 6) is 7.34. The Labute approximate surface area is 125 Å². The summed E-state index contributed by atoms with van der Waals surface area (Å²) in [5.41, 5.74) is 6.32. The van der Waals surface area contributed by atoms with Crippen LogP contribution < -0.4 is 20.7 Å². The summed E-state index contributed by atoms with van der Waals surface area (Å²) in [6.45, 7) is 2.08. The number of nitrogens with two attached hydrogens (primary N) is 1. The Hall–Kier alpha value is -2.04. The van der Waals surface area contributed by atoms with E-state index < -0.39 is 0 Å². The average molecular weight is 286 g/mol. The van der Waals surface area contributed by atoms with Gasteiger partial charge in [-0.2, -0.15) is 0 Å². The van der Waals surface area contributed by atoms with E-state index in [0.717, 1.165) is 23.5 Å². The molecule has 0 saturated carbocycles. The van der Waals surface area contributed by atoms with E-state index in [4.69, 9.17) is 15.3 Å². The molecule has 2 rings (SSSR count). The van der Waals surface area contributed by atoms with Crippen LogP contribution in [-0.4, -0.2) is 14.2 Å². The van der Waals surface area contributed by atoms with E-state index in [1.54, 1.807) is 14.2 Å². The van der Waals surface area contributed by atoms with Crippen LogP contribution in [0.2, 0.25) is 0 Å². The number of rotatable bonds is 6. The van der Waals surface area contributed by atoms with Crippen molar-refractivity contribution in [2.75, 3.05) is 14.2 Å². The van der Waals surface area contributed by atoms with Gasteiger partial charge in [-0.05, 0) is 37.1 Å². The fraction of sp³-hybridized carbons (Fsp3) is 0.294. The molecule has 0 amide bonds. The monoisotopic (exact) mass is 286 g/mol. The third-order valence-electron chi connectivity index (χ3n) is 3.57. The molecule has 0 heterocycles. The van der Waals surface area contributed by atoms with Crippen LogP contribution in [-0.2, 0) is 6.42 Å². The van der Waals surface area contributed by atoms with Crippen molar-refractivity contribution >= 4 is 0 Å². The van der Waals surface area contributed by atoms with Crippen LogP contribution in [0.25, 0.3) is 0 Å². The first kappa shape index (κ1) is 15.4. The van der Waals surface area contributed by atoms with Crippen molar-refractivity contribution in [2.45, 2.75) is 19.4 Å². The van der Waals surface area contributed by atoms with Gasteiger partial charge in [-0.25, -0.2) is 0 Å². The Bertz CT molecular complexity index is 582. The van der Waals surface area contributed by atoms with Crippen LogP contribution >= 0.6 is 0 Å². The molecule has 2 aromatic rings. The molecule has 4 nitrogen and oxygen atoms in total. The lowest BCUT2D eigenvalue weighted by molar-refractivity contribution is 0.389. The summed E-state index contributed by atoms with van der Waals surface area (Å²) in [4.78, 5) is 0. The Balaban J connectivity index is 2.29. The average Bonchev–Trinajstić information content (AvgIpc) is 2.53. The Kier molecular flexibility index (Phi) is 5.20. The van der Waals surface area contributed by atoms with Gasteiger partial charge in [0.15, 0.2) is 0 Å². The molecule has 0 aromatic heterocycles. The van der Waals surface area contributed by atoms with Gasteiger partial charge in [-0.3, -0.25) is 11.3 Å². The van der Waals surface area contributed by atoms with E-state index in [9.17, 15) is 0 Å². The minimum Gasteiger partial charge on any atom is -0.497 e. The van der Waals surface area contributed by atoms with Crippen molar-refractivity contribution in [1.82, 2.24) is 5.43 Å². The lowest BCUT2D eigenvalue weighted by atomic mass is 9.97. The standard InChI is InChI=1S/C17H22N2O2/c1-12-4-6-13(7-5-12)10-16(19-18)15-11-14(20-2)8-9-17(15)21-3/h4-9,11,16,19H,10,18H2,1-3H3. The van der Waals surface area contributed by atoms with Crippen molar-refractivity contribution in [3.05, 3.63) is 59.2 Å². The first-order chi connectivity index (χ1) is 10.2. The fourth-order valence-corrected chi connectivity index (χ4v) is 2.33. The van der Waals surface area contributed by atoms with Gasteiger partial charge in [0, 0.05) is 5.56 Å². The van der Waals surface area contributed by atoms with Crippen LogP contribution in [0.15, 0.2) is 42.5 Å². The number of ether oxygens (including phenoxy) is 2. The molecule has 0 aliphatic heterocycles. The molecule has 0 saturated heterocycles. The van der Waals surface area contributed by atoms with Crippen molar-refractivity contribution in [1.29, 1.82) is 0 Å². The van der Waals surface area contributed by atoms with Crippen molar-refractivity contribution in [3.63, 3.8) is 0 Å². The predicted molar refractivity (Wildman–Crippen MR) is 84.5 cm³/mol. The number of aryl methyl sites for hydroxylation is 1. The normalized spacial score (nSPS) is 12.0. The van der Waals surface area contributed by atoms with Crippen molar-refractivity contribution in [3.8, 4) is 11.5 Å². The van der Waals surface area contributed by atoms with Crippen molar-refractivity contribution in [2.24, 2.45) is 5.84 Å². The topological polar surface area (TPSA) is 56.5 Å². The zero-order valence-electron chi connectivity index (χ0n) is 12.7. The Morgan fingerprint density at radius 2 is 1.76 bits per heavy atom. The van der Waals surface area contributed by atoms with Crippen LogP contribution in [0.3, 0.4) is 0 Å². The molecule has 1 unspecified atom stereocenters. The number of benzene rings is 2. The molecule has 0 spiro atoms. The predicted octanol–water partition coefficient (Wildman–Crippen LogP) is 2.76. The smallest absolute Gasteiger partial charge is 0.123 e. The minimum atomic E-state index is -0.0437. The molecule has 112 valence electrons. The van der Waals surface area contributed by atoms with Gasteiger partial charge in [-0.15, -0.1) is 0 Å². The molecular formula is C17H22N2O2. The molecule has 2 aromatic carbocycles. The van der Waals surface area contributed by atoms with E-state index >= 15 is 0 Å². The van der Waals surface area contributed by atoms with E-state index in [1.165, 1.54) is 11.1 Å². The lowest BCUT2D eigenvalue weighted by Crippen LogP contribution is -2.30. The van der Waals surface area contributed by atoms with Gasteiger partial charge >= 0.3 is 0 Å². The Morgan fingerprint density at radius 1 is 1.05 bits per heavy atom. The summed E-state index contributed by atoms with van der Waals surface area (Å²) in [5, 5.41) is 0. The van der Waals surface area contributed by atoms with Crippen LogP contribution in [0.5, 0.6) is 11.5 Å². The summed E-state index contributed by atoms with van der Waals surface area (Å²) in [7, 11) is 3.31. The van der Waals surface area contributed by atoms with E-state index in [2.05, 4.69) is 36.6 Å². The molecule has 21 heavy (non-hydrogen) atoms. The maximum Gasteiger partial charge on any atom is 0.123 e. The quantitative estimate of drug-likeness (QED) is 0.633. The molecule has 0 radical (unpaired) electrons. The summed E-state index contributed by atoms with van der Waals surface area (Å²) >= 11 is 0. The van der Waals surface area contributed by atoms with Crippen LogP contribution in [0.1, 0.15) is 22.7 Å². The highest BCUT2D eigenvalue weighted by molar-refractivity contribution is 5.43. The summed E-state index contributed by atoms with van der Waals surface area (Å²) in [6.07, 6.45) is 0.778. The molecular weight excluding hydrogens is 264 g/mol. The van der Waals surface area contributed by atoms with E-state index in [1.807, 2.05) is 18.2 Å². The van der Waals surface area contributed by atoms with Gasteiger partial charge in [0.05, 0.1) is 20.3 Å². The second-order valence-corrected chi connectivity index (χ2v) is 5.02. The molecule has 4 heteroatoms. The largest absolute Gasteiger partial charge is 0.497 e. The molecule has 1 atom stereocenters. The number of hydrazine groups is 1. The number of methoxy groups -OCH3 is 2. The number of hydrogen-bond donors (Lipinski definition) is 2. The summed E-state index contributed by atoms with van der Waals surface area (Å²) in [6, 6.07) is 14.1. The Morgan fingerprint density at radius 3 is 2.33 bits per heavy atom. The maximum absolute atomic E-state index is 5.75. The second-order valence-electron chi connectivity index (χ2n) is 5.02. The second kappa shape index (κ2) is 7.11. The molecule has 0 aliphatic rings. The van der Waals surface area contributed by atoms with Crippen LogP contribution in [0.4, 0.5) is 0 Å². The van der Waals surface area contributed by atoms with Gasteiger partial charge in [0.25, 0.3) is 0 Å². The van der Waals surface area contributed by atoms with Gasteiger partial charge < -0.3 is 9.47 Å². The lowest BCUT2D eigenvalue weighted by Gasteiger charge is -2.20. The zero-order chi connectivity index (χ0) is 15.2. The first-order valence-corrected chi connectivity index (χ1v) is 6.91. The number of hydrogen-bond acceptors (Lipinski definition) is 4. The highest BCUT2D eigenvalue weighted by Crippen LogP contribution is 2.30. The van der Waals surface area contributed by atoms with Gasteiger partial charge in [0.1, 0.15) is 11.5 Å². The third-order valence-corrected chi connectivity index (χ3v) is 3.57. The summed E-state index contributed by atoms with van der Waals surface area (Å²) < 4.78 is 10.7. The molecule has 3 N–H and O–H groups in total. The SMILES string of the molecule is COc1ccc(OC)c(C(Cc2ccc(C)cc2)NN)c1. The van der Waals surface area contributed by atoms with E-state index in [0.29, 0.717) is 0 Å². The van der Waals surface area contributed by atoms with E-state index in [-0.39, 0.29) is 6.04 Å². The number of nitrogens with one attached hydrogen (secondary N) is 1. The first-order valence-electron chi connectivity index (χ1n) is 6.91. The molecule has 0 bridgehead atoms. The van der Waals surface area contributed by atoms with Crippen LogP contribution in [0, 0.1) is 6.92 Å². The third kappa shape index (κ3) is 3.74. The van der Waals surface area contributed by atoms with Gasteiger partial charge in [0.2, 0.25) is 0 Å².